The number of aliphatic hydroxyl groups is 2. The SMILES string of the molecule is CC1=C/C/C=C(\CO)CC[C@H](O)[C@]2(C)CC[C@](C(C)C)(\C=C\1)O2. The number of hydrogen-bond acceptors (Lipinski definition) is 3. The Morgan fingerprint density at radius 2 is 2.04 bits per heavy atom. The molecule has 2 rings (SSSR count). The first-order chi connectivity index (χ1) is 10.8. The molecule has 0 saturated carbocycles. The van der Waals surface area contributed by atoms with Gasteiger partial charge in [-0.2, -0.15) is 0 Å². The fraction of sp³-hybridized carbons (Fsp3) is 0.700. The predicted molar refractivity (Wildman–Crippen MR) is 94.2 cm³/mol. The van der Waals surface area contributed by atoms with Crippen molar-refractivity contribution in [1.82, 2.24) is 0 Å². The molecular weight excluding hydrogens is 288 g/mol. The summed E-state index contributed by atoms with van der Waals surface area (Å²) >= 11 is 0. The van der Waals surface area contributed by atoms with Crippen molar-refractivity contribution in [2.45, 2.75) is 77.1 Å². The van der Waals surface area contributed by atoms with Crippen molar-refractivity contribution in [3.8, 4) is 0 Å². The van der Waals surface area contributed by atoms with Gasteiger partial charge < -0.3 is 14.9 Å². The lowest BCUT2D eigenvalue weighted by atomic mass is 9.85. The van der Waals surface area contributed by atoms with Gasteiger partial charge in [0, 0.05) is 0 Å². The summed E-state index contributed by atoms with van der Waals surface area (Å²) in [5.74, 6) is 0.358. The van der Waals surface area contributed by atoms with Crippen molar-refractivity contribution in [3.63, 3.8) is 0 Å². The Hall–Kier alpha value is -0.900. The van der Waals surface area contributed by atoms with E-state index < -0.39 is 11.7 Å². The van der Waals surface area contributed by atoms with Gasteiger partial charge in [0.25, 0.3) is 0 Å². The van der Waals surface area contributed by atoms with Gasteiger partial charge in [-0.3, -0.25) is 0 Å². The third-order valence-electron chi connectivity index (χ3n) is 5.53. The molecule has 0 unspecified atom stereocenters. The van der Waals surface area contributed by atoms with E-state index in [9.17, 15) is 10.2 Å². The smallest absolute Gasteiger partial charge is 0.0925 e. The van der Waals surface area contributed by atoms with Crippen molar-refractivity contribution >= 4 is 0 Å². The van der Waals surface area contributed by atoms with Crippen LogP contribution in [-0.4, -0.2) is 34.1 Å². The number of aliphatic hydroxyl groups excluding tert-OH is 2. The third-order valence-corrected chi connectivity index (χ3v) is 5.53. The molecule has 0 radical (unpaired) electrons. The van der Waals surface area contributed by atoms with Crippen LogP contribution in [0.3, 0.4) is 0 Å². The maximum absolute atomic E-state index is 10.7. The van der Waals surface area contributed by atoms with Crippen LogP contribution in [0.5, 0.6) is 0 Å². The van der Waals surface area contributed by atoms with Crippen LogP contribution in [0.25, 0.3) is 0 Å². The molecule has 1 saturated heterocycles. The number of allylic oxidation sites excluding steroid dienone is 4. The Bertz CT molecular complexity index is 503. The lowest BCUT2D eigenvalue weighted by Gasteiger charge is -2.37. The van der Waals surface area contributed by atoms with Gasteiger partial charge in [-0.15, -0.1) is 0 Å². The van der Waals surface area contributed by atoms with Gasteiger partial charge in [0.05, 0.1) is 23.9 Å². The minimum atomic E-state index is -0.513. The summed E-state index contributed by atoms with van der Waals surface area (Å²) in [6.07, 6.45) is 12.0. The van der Waals surface area contributed by atoms with Gasteiger partial charge in [0.15, 0.2) is 0 Å². The van der Waals surface area contributed by atoms with E-state index in [1.54, 1.807) is 0 Å². The topological polar surface area (TPSA) is 49.7 Å². The van der Waals surface area contributed by atoms with Crippen molar-refractivity contribution in [2.75, 3.05) is 6.61 Å². The van der Waals surface area contributed by atoms with Crippen LogP contribution in [0.1, 0.15) is 59.8 Å². The van der Waals surface area contributed by atoms with E-state index >= 15 is 0 Å². The van der Waals surface area contributed by atoms with Crippen molar-refractivity contribution in [3.05, 3.63) is 35.5 Å². The highest BCUT2D eigenvalue weighted by Gasteiger charge is 2.50. The van der Waals surface area contributed by atoms with E-state index in [1.807, 2.05) is 6.92 Å². The fourth-order valence-corrected chi connectivity index (χ4v) is 3.56. The van der Waals surface area contributed by atoms with E-state index in [0.717, 1.165) is 24.8 Å². The van der Waals surface area contributed by atoms with Crippen LogP contribution in [0.15, 0.2) is 35.5 Å². The van der Waals surface area contributed by atoms with Crippen LogP contribution in [0, 0.1) is 5.92 Å². The third kappa shape index (κ3) is 4.14. The van der Waals surface area contributed by atoms with Gasteiger partial charge in [-0.1, -0.05) is 43.7 Å². The molecule has 2 bridgehead atoms. The molecule has 2 aliphatic heterocycles. The first-order valence-corrected chi connectivity index (χ1v) is 8.84. The molecule has 0 aromatic heterocycles. The van der Waals surface area contributed by atoms with Gasteiger partial charge >= 0.3 is 0 Å². The first kappa shape index (κ1) is 18.4. The minimum absolute atomic E-state index is 0.0585. The molecule has 3 nitrogen and oxygen atoms in total. The molecule has 2 aliphatic rings. The summed E-state index contributed by atoms with van der Waals surface area (Å²) in [7, 11) is 0. The molecule has 130 valence electrons. The molecule has 3 heteroatoms. The average molecular weight is 320 g/mol. The summed E-state index contributed by atoms with van der Waals surface area (Å²) in [5.41, 5.74) is 1.39. The minimum Gasteiger partial charge on any atom is -0.392 e. The number of rotatable bonds is 2. The van der Waals surface area contributed by atoms with E-state index in [2.05, 4.69) is 45.1 Å². The second-order valence-electron chi connectivity index (χ2n) is 7.62. The van der Waals surface area contributed by atoms with E-state index in [4.69, 9.17) is 4.74 Å². The van der Waals surface area contributed by atoms with Crippen LogP contribution < -0.4 is 0 Å². The molecule has 0 amide bonds. The zero-order valence-electron chi connectivity index (χ0n) is 15.0. The maximum Gasteiger partial charge on any atom is 0.0925 e. The van der Waals surface area contributed by atoms with Crippen LogP contribution in [-0.2, 0) is 4.74 Å². The first-order valence-electron chi connectivity index (χ1n) is 8.84. The average Bonchev–Trinajstić information content (AvgIpc) is 2.88. The molecule has 3 atom stereocenters. The Morgan fingerprint density at radius 1 is 1.30 bits per heavy atom. The van der Waals surface area contributed by atoms with Crippen molar-refractivity contribution in [1.29, 1.82) is 0 Å². The molecule has 0 aliphatic carbocycles. The lowest BCUT2D eigenvalue weighted by molar-refractivity contribution is -0.145. The Labute approximate surface area is 140 Å². The van der Waals surface area contributed by atoms with Crippen molar-refractivity contribution in [2.24, 2.45) is 5.92 Å². The molecule has 0 aromatic carbocycles. The highest BCUT2D eigenvalue weighted by Crippen LogP contribution is 2.46. The van der Waals surface area contributed by atoms with Gasteiger partial charge in [-0.25, -0.2) is 0 Å². The Kier molecular flexibility index (Phi) is 5.88. The zero-order valence-corrected chi connectivity index (χ0v) is 15.0. The summed E-state index contributed by atoms with van der Waals surface area (Å²) in [6.45, 7) is 8.55. The molecular formula is C20H32O3. The summed E-state index contributed by atoms with van der Waals surface area (Å²) in [6, 6.07) is 0. The number of ether oxygens (including phenoxy) is 1. The van der Waals surface area contributed by atoms with Gasteiger partial charge in [0.2, 0.25) is 0 Å². The Morgan fingerprint density at radius 3 is 2.70 bits per heavy atom. The fourth-order valence-electron chi connectivity index (χ4n) is 3.56. The molecule has 0 aromatic rings. The van der Waals surface area contributed by atoms with E-state index in [0.29, 0.717) is 18.8 Å². The van der Waals surface area contributed by atoms with Crippen LogP contribution in [0.4, 0.5) is 0 Å². The second-order valence-corrected chi connectivity index (χ2v) is 7.62. The van der Waals surface area contributed by atoms with Gasteiger partial charge in [0.1, 0.15) is 0 Å². The van der Waals surface area contributed by atoms with Crippen LogP contribution >= 0.6 is 0 Å². The van der Waals surface area contributed by atoms with E-state index in [1.165, 1.54) is 5.57 Å². The number of fused-ring (bicyclic) bond motifs is 2. The predicted octanol–water partition coefficient (Wildman–Crippen LogP) is 3.92. The Balaban J connectivity index is 2.35. The molecule has 23 heavy (non-hydrogen) atoms. The molecule has 1 fully saturated rings. The van der Waals surface area contributed by atoms with Crippen molar-refractivity contribution < 1.29 is 14.9 Å². The molecule has 0 spiro atoms. The summed E-state index contributed by atoms with van der Waals surface area (Å²) in [5, 5.41) is 20.2. The monoisotopic (exact) mass is 320 g/mol. The highest BCUT2D eigenvalue weighted by molar-refractivity contribution is 5.23. The maximum atomic E-state index is 10.7. The van der Waals surface area contributed by atoms with E-state index in [-0.39, 0.29) is 12.2 Å². The summed E-state index contributed by atoms with van der Waals surface area (Å²) in [4.78, 5) is 0. The standard InChI is InChI=1S/C20H32O3/c1-15(2)20-11-10-16(3)6-5-7-17(14-21)8-9-18(22)19(4,23-20)12-13-20/h6-7,10-11,15,18,21-22H,5,8-9,12-14H2,1-4H3/b11-10+,16-6-,17-7-/t18-,19-,20-/m0/s1. The largest absolute Gasteiger partial charge is 0.392 e. The zero-order chi connectivity index (χ0) is 17.1. The highest BCUT2D eigenvalue weighted by atomic mass is 16.5. The quantitative estimate of drug-likeness (QED) is 0.758. The summed E-state index contributed by atoms with van der Waals surface area (Å²) < 4.78 is 6.50. The molecule has 2 heterocycles. The van der Waals surface area contributed by atoms with Crippen LogP contribution in [0.2, 0.25) is 0 Å². The molecule has 2 N–H and O–H groups in total. The van der Waals surface area contributed by atoms with Gasteiger partial charge in [-0.05, 0) is 57.4 Å². The lowest BCUT2D eigenvalue weighted by Crippen LogP contribution is -2.43. The normalized spacial score (nSPS) is 42.0. The number of hydrogen-bond donors (Lipinski definition) is 2. The second kappa shape index (κ2) is 7.33.